The standard InChI is InChI=1S/C15H21NO3/c1-11-5-3-4-6-12(11)13-9-14(13)16-15(17)10-19-8-7-18-2/h3-6,13-14H,7-10H2,1-2H3,(H,16,17)/t13-,14-/m1/s1. The lowest BCUT2D eigenvalue weighted by atomic mass is 10.0. The Bertz CT molecular complexity index is 433. The number of ether oxygens (including phenoxy) is 2. The van der Waals surface area contributed by atoms with Crippen LogP contribution in [0.3, 0.4) is 0 Å². The number of rotatable bonds is 7. The van der Waals surface area contributed by atoms with Crippen molar-refractivity contribution in [2.75, 3.05) is 26.9 Å². The lowest BCUT2D eigenvalue weighted by molar-refractivity contribution is -0.126. The fourth-order valence-electron chi connectivity index (χ4n) is 2.26. The first-order valence-corrected chi connectivity index (χ1v) is 6.64. The van der Waals surface area contributed by atoms with Crippen LogP contribution in [0.4, 0.5) is 0 Å². The largest absolute Gasteiger partial charge is 0.382 e. The summed E-state index contributed by atoms with van der Waals surface area (Å²) in [4.78, 5) is 11.6. The summed E-state index contributed by atoms with van der Waals surface area (Å²) in [6, 6.07) is 8.60. The van der Waals surface area contributed by atoms with Gasteiger partial charge in [-0.3, -0.25) is 4.79 Å². The summed E-state index contributed by atoms with van der Waals surface area (Å²) < 4.78 is 10.0. The van der Waals surface area contributed by atoms with E-state index in [9.17, 15) is 4.79 Å². The Hall–Kier alpha value is -1.39. The molecule has 0 saturated heterocycles. The molecule has 4 heteroatoms. The van der Waals surface area contributed by atoms with Crippen LogP contribution < -0.4 is 5.32 Å². The average Bonchev–Trinajstić information content (AvgIpc) is 3.14. The van der Waals surface area contributed by atoms with Crippen LogP contribution in [0.5, 0.6) is 0 Å². The third-order valence-corrected chi connectivity index (χ3v) is 3.39. The second-order valence-corrected chi connectivity index (χ2v) is 4.92. The molecule has 1 aromatic rings. The summed E-state index contributed by atoms with van der Waals surface area (Å²) in [6.07, 6.45) is 1.02. The number of methoxy groups -OCH3 is 1. The van der Waals surface area contributed by atoms with Crippen molar-refractivity contribution < 1.29 is 14.3 Å². The first-order valence-electron chi connectivity index (χ1n) is 6.64. The number of hydrogen-bond acceptors (Lipinski definition) is 3. The third-order valence-electron chi connectivity index (χ3n) is 3.39. The van der Waals surface area contributed by atoms with Gasteiger partial charge in [0.15, 0.2) is 0 Å². The number of aryl methyl sites for hydroxylation is 1. The SMILES string of the molecule is COCCOCC(=O)N[C@@H]1C[C@@H]1c1ccccc1C. The van der Waals surface area contributed by atoms with Crippen molar-refractivity contribution in [3.63, 3.8) is 0 Å². The Kier molecular flexibility index (Phi) is 4.93. The monoisotopic (exact) mass is 263 g/mol. The van der Waals surface area contributed by atoms with E-state index in [4.69, 9.17) is 9.47 Å². The van der Waals surface area contributed by atoms with E-state index in [0.29, 0.717) is 19.1 Å². The van der Waals surface area contributed by atoms with Crippen LogP contribution in [0.25, 0.3) is 0 Å². The molecule has 0 unspecified atom stereocenters. The fraction of sp³-hybridized carbons (Fsp3) is 0.533. The van der Waals surface area contributed by atoms with Gasteiger partial charge in [-0.15, -0.1) is 0 Å². The first-order chi connectivity index (χ1) is 9.22. The predicted molar refractivity (Wildman–Crippen MR) is 73.2 cm³/mol. The summed E-state index contributed by atoms with van der Waals surface area (Å²) in [5.41, 5.74) is 2.63. The van der Waals surface area contributed by atoms with Gasteiger partial charge in [-0.1, -0.05) is 24.3 Å². The maximum absolute atomic E-state index is 11.6. The average molecular weight is 263 g/mol. The summed E-state index contributed by atoms with van der Waals surface area (Å²) in [7, 11) is 1.61. The van der Waals surface area contributed by atoms with E-state index in [-0.39, 0.29) is 18.6 Å². The lowest BCUT2D eigenvalue weighted by Crippen LogP contribution is -2.30. The van der Waals surface area contributed by atoms with Gasteiger partial charge in [-0.2, -0.15) is 0 Å². The van der Waals surface area contributed by atoms with Crippen LogP contribution in [0, 0.1) is 6.92 Å². The van der Waals surface area contributed by atoms with E-state index in [0.717, 1.165) is 6.42 Å². The van der Waals surface area contributed by atoms with Gasteiger partial charge in [0.1, 0.15) is 6.61 Å². The smallest absolute Gasteiger partial charge is 0.246 e. The molecule has 0 bridgehead atoms. The Morgan fingerprint density at radius 3 is 2.89 bits per heavy atom. The van der Waals surface area contributed by atoms with Crippen molar-refractivity contribution in [2.45, 2.75) is 25.3 Å². The van der Waals surface area contributed by atoms with Crippen LogP contribution >= 0.6 is 0 Å². The second kappa shape index (κ2) is 6.68. The van der Waals surface area contributed by atoms with Gasteiger partial charge in [-0.25, -0.2) is 0 Å². The van der Waals surface area contributed by atoms with Crippen molar-refractivity contribution in [3.8, 4) is 0 Å². The van der Waals surface area contributed by atoms with E-state index in [1.165, 1.54) is 11.1 Å². The van der Waals surface area contributed by atoms with E-state index >= 15 is 0 Å². The zero-order valence-electron chi connectivity index (χ0n) is 11.5. The number of hydrogen-bond donors (Lipinski definition) is 1. The maximum atomic E-state index is 11.6. The molecule has 2 rings (SSSR count). The number of amides is 1. The molecule has 19 heavy (non-hydrogen) atoms. The molecule has 1 aliphatic rings. The van der Waals surface area contributed by atoms with Crippen molar-refractivity contribution in [2.24, 2.45) is 0 Å². The molecule has 1 aromatic carbocycles. The zero-order valence-corrected chi connectivity index (χ0v) is 11.5. The van der Waals surface area contributed by atoms with Gasteiger partial charge in [0.25, 0.3) is 0 Å². The minimum absolute atomic E-state index is 0.0443. The van der Waals surface area contributed by atoms with Crippen molar-refractivity contribution in [1.29, 1.82) is 0 Å². The summed E-state index contributed by atoms with van der Waals surface area (Å²) in [6.45, 7) is 3.19. The van der Waals surface area contributed by atoms with Crippen molar-refractivity contribution in [1.82, 2.24) is 5.32 Å². The molecular weight excluding hydrogens is 242 g/mol. The summed E-state index contributed by atoms with van der Waals surface area (Å²) >= 11 is 0. The van der Waals surface area contributed by atoms with Gasteiger partial charge in [0.05, 0.1) is 13.2 Å². The van der Waals surface area contributed by atoms with Crippen LogP contribution in [-0.2, 0) is 14.3 Å². The molecular formula is C15H21NO3. The van der Waals surface area contributed by atoms with E-state index in [2.05, 4.69) is 24.4 Å². The molecule has 1 aliphatic carbocycles. The molecule has 4 nitrogen and oxygen atoms in total. The van der Waals surface area contributed by atoms with Crippen molar-refractivity contribution >= 4 is 5.91 Å². The summed E-state index contributed by atoms with van der Waals surface area (Å²) in [5.74, 6) is 0.418. The predicted octanol–water partition coefficient (Wildman–Crippen LogP) is 1.63. The summed E-state index contributed by atoms with van der Waals surface area (Å²) in [5, 5.41) is 3.00. The molecule has 0 spiro atoms. The van der Waals surface area contributed by atoms with Crippen LogP contribution in [0.1, 0.15) is 23.5 Å². The van der Waals surface area contributed by atoms with E-state index < -0.39 is 0 Å². The van der Waals surface area contributed by atoms with Crippen molar-refractivity contribution in [3.05, 3.63) is 35.4 Å². The molecule has 1 N–H and O–H groups in total. The molecule has 2 atom stereocenters. The van der Waals surface area contributed by atoms with Gasteiger partial charge >= 0.3 is 0 Å². The molecule has 0 aromatic heterocycles. The highest BCUT2D eigenvalue weighted by molar-refractivity contribution is 5.78. The molecule has 0 heterocycles. The minimum Gasteiger partial charge on any atom is -0.382 e. The highest BCUT2D eigenvalue weighted by Crippen LogP contribution is 2.41. The normalized spacial score (nSPS) is 21.2. The molecule has 0 aliphatic heterocycles. The van der Waals surface area contributed by atoms with E-state index in [1.807, 2.05) is 12.1 Å². The lowest BCUT2D eigenvalue weighted by Gasteiger charge is -2.07. The third kappa shape index (κ3) is 4.04. The van der Waals surface area contributed by atoms with Gasteiger partial charge in [0.2, 0.25) is 5.91 Å². The molecule has 0 radical (unpaired) electrons. The highest BCUT2D eigenvalue weighted by atomic mass is 16.5. The number of carbonyl (C=O) groups excluding carboxylic acids is 1. The second-order valence-electron chi connectivity index (χ2n) is 4.92. The van der Waals surface area contributed by atoms with Crippen LogP contribution in [0.15, 0.2) is 24.3 Å². The fourth-order valence-corrected chi connectivity index (χ4v) is 2.26. The van der Waals surface area contributed by atoms with Gasteiger partial charge in [-0.05, 0) is 24.5 Å². The zero-order chi connectivity index (χ0) is 13.7. The van der Waals surface area contributed by atoms with Crippen LogP contribution in [0.2, 0.25) is 0 Å². The Morgan fingerprint density at radius 1 is 1.37 bits per heavy atom. The first kappa shape index (κ1) is 14.0. The topological polar surface area (TPSA) is 47.6 Å². The molecule has 1 saturated carbocycles. The number of benzene rings is 1. The molecule has 104 valence electrons. The highest BCUT2D eigenvalue weighted by Gasteiger charge is 2.39. The Labute approximate surface area is 114 Å². The number of nitrogens with one attached hydrogen (secondary N) is 1. The Morgan fingerprint density at radius 2 is 2.16 bits per heavy atom. The Balaban J connectivity index is 1.72. The maximum Gasteiger partial charge on any atom is 0.246 e. The van der Waals surface area contributed by atoms with Crippen LogP contribution in [-0.4, -0.2) is 38.9 Å². The molecule has 1 amide bonds. The van der Waals surface area contributed by atoms with Gasteiger partial charge in [0, 0.05) is 19.1 Å². The molecule has 1 fully saturated rings. The van der Waals surface area contributed by atoms with Gasteiger partial charge < -0.3 is 14.8 Å². The van der Waals surface area contributed by atoms with E-state index in [1.54, 1.807) is 7.11 Å². The minimum atomic E-state index is -0.0443. The quantitative estimate of drug-likeness (QED) is 0.761. The number of carbonyl (C=O) groups is 1.